The summed E-state index contributed by atoms with van der Waals surface area (Å²) in [5, 5.41) is 0. The van der Waals surface area contributed by atoms with Crippen LogP contribution in [0.25, 0.3) is 0 Å². The highest BCUT2D eigenvalue weighted by molar-refractivity contribution is 5.36. The lowest BCUT2D eigenvalue weighted by molar-refractivity contribution is -0.274. The van der Waals surface area contributed by atoms with E-state index in [9.17, 15) is 13.2 Å². The molecule has 1 rings (SSSR count). The zero-order valence-electron chi connectivity index (χ0n) is 11.7. The molecule has 0 saturated heterocycles. The van der Waals surface area contributed by atoms with Crippen LogP contribution in [0.4, 0.5) is 13.2 Å². The third-order valence-electron chi connectivity index (χ3n) is 2.99. The van der Waals surface area contributed by atoms with E-state index in [1.165, 1.54) is 6.07 Å². The smallest absolute Gasteiger partial charge is 0.406 e. The van der Waals surface area contributed by atoms with E-state index in [1.807, 2.05) is 0 Å². The van der Waals surface area contributed by atoms with Crippen LogP contribution < -0.4 is 4.74 Å². The lowest BCUT2D eigenvalue weighted by atomic mass is 10.1. The number of hydrogen-bond acceptors (Lipinski definition) is 2. The minimum absolute atomic E-state index is 0.135. The number of aryl methyl sites for hydroxylation is 1. The molecule has 0 heterocycles. The van der Waals surface area contributed by atoms with Crippen molar-refractivity contribution >= 4 is 0 Å². The summed E-state index contributed by atoms with van der Waals surface area (Å²) in [6, 6.07) is 5.20. The highest BCUT2D eigenvalue weighted by Crippen LogP contribution is 2.27. The van der Waals surface area contributed by atoms with Crippen LogP contribution in [-0.4, -0.2) is 23.8 Å². The molecule has 5 heteroatoms. The maximum atomic E-state index is 12.2. The normalized spacial score (nSPS) is 12.3. The van der Waals surface area contributed by atoms with Crippen LogP contribution in [0.1, 0.15) is 31.9 Å². The number of alkyl halides is 3. The molecule has 2 nitrogen and oxygen atoms in total. The molecule has 0 N–H and O–H groups in total. The highest BCUT2D eigenvalue weighted by Gasteiger charge is 2.31. The number of benzene rings is 1. The van der Waals surface area contributed by atoms with Gasteiger partial charge in [-0.05, 0) is 44.5 Å². The first-order chi connectivity index (χ1) is 8.73. The third kappa shape index (κ3) is 5.11. The minimum atomic E-state index is -4.64. The van der Waals surface area contributed by atoms with E-state index in [-0.39, 0.29) is 5.75 Å². The molecular weight excluding hydrogens is 255 g/mol. The van der Waals surface area contributed by atoms with Gasteiger partial charge in [0.2, 0.25) is 0 Å². The van der Waals surface area contributed by atoms with Gasteiger partial charge in [-0.1, -0.05) is 19.1 Å². The molecule has 0 spiro atoms. The zero-order chi connectivity index (χ0) is 14.6. The average Bonchev–Trinajstić information content (AvgIpc) is 2.27. The monoisotopic (exact) mass is 275 g/mol. The Bertz CT molecular complexity index is 416. The lowest BCUT2D eigenvalue weighted by Crippen LogP contribution is -2.29. The van der Waals surface area contributed by atoms with Gasteiger partial charge in [-0.25, -0.2) is 0 Å². The average molecular weight is 275 g/mol. The standard InChI is InChI=1S/C14H20F3NO/c1-5-18(10(2)3)9-12-6-7-13(11(4)8-12)19-14(15,16)17/h6-8,10H,5,9H2,1-4H3. The zero-order valence-corrected chi connectivity index (χ0v) is 11.7. The quantitative estimate of drug-likeness (QED) is 0.801. The Hall–Kier alpha value is -1.23. The second kappa shape index (κ2) is 6.28. The number of hydrogen-bond donors (Lipinski definition) is 0. The summed E-state index contributed by atoms with van der Waals surface area (Å²) in [7, 11) is 0. The summed E-state index contributed by atoms with van der Waals surface area (Å²) in [6.07, 6.45) is -4.64. The van der Waals surface area contributed by atoms with E-state index in [2.05, 4.69) is 30.4 Å². The summed E-state index contributed by atoms with van der Waals surface area (Å²) in [4.78, 5) is 2.24. The van der Waals surface area contributed by atoms with Crippen molar-refractivity contribution in [2.75, 3.05) is 6.54 Å². The summed E-state index contributed by atoms with van der Waals surface area (Å²) in [5.74, 6) is -0.135. The van der Waals surface area contributed by atoms with Crippen molar-refractivity contribution in [1.29, 1.82) is 0 Å². The Labute approximate surface area is 112 Å². The molecule has 0 aliphatic rings. The van der Waals surface area contributed by atoms with Gasteiger partial charge in [0.25, 0.3) is 0 Å². The Balaban J connectivity index is 2.82. The first kappa shape index (κ1) is 15.8. The molecule has 0 aliphatic carbocycles. The fourth-order valence-corrected chi connectivity index (χ4v) is 1.94. The molecule has 19 heavy (non-hydrogen) atoms. The molecule has 108 valence electrons. The number of ether oxygens (including phenoxy) is 1. The van der Waals surface area contributed by atoms with Gasteiger partial charge in [-0.3, -0.25) is 4.90 Å². The molecule has 1 aromatic carbocycles. The second-order valence-corrected chi connectivity index (χ2v) is 4.80. The van der Waals surface area contributed by atoms with E-state index in [4.69, 9.17) is 0 Å². The molecule has 0 fully saturated rings. The molecule has 0 amide bonds. The van der Waals surface area contributed by atoms with Gasteiger partial charge in [-0.15, -0.1) is 13.2 Å². The highest BCUT2D eigenvalue weighted by atomic mass is 19.4. The summed E-state index contributed by atoms with van der Waals surface area (Å²) >= 11 is 0. The van der Waals surface area contributed by atoms with Gasteiger partial charge in [0, 0.05) is 12.6 Å². The molecular formula is C14H20F3NO. The number of rotatable bonds is 5. The molecule has 0 aliphatic heterocycles. The molecule has 0 unspecified atom stereocenters. The second-order valence-electron chi connectivity index (χ2n) is 4.80. The maximum Gasteiger partial charge on any atom is 0.573 e. The van der Waals surface area contributed by atoms with Gasteiger partial charge in [0.05, 0.1) is 0 Å². The van der Waals surface area contributed by atoms with E-state index < -0.39 is 6.36 Å². The van der Waals surface area contributed by atoms with Crippen molar-refractivity contribution in [3.8, 4) is 5.75 Å². The van der Waals surface area contributed by atoms with Crippen molar-refractivity contribution in [2.45, 2.75) is 46.6 Å². The number of nitrogens with zero attached hydrogens (tertiary/aromatic N) is 1. The van der Waals surface area contributed by atoms with Crippen LogP contribution in [0, 0.1) is 6.92 Å². The van der Waals surface area contributed by atoms with Crippen molar-refractivity contribution in [1.82, 2.24) is 4.90 Å². The SMILES string of the molecule is CCN(Cc1ccc(OC(F)(F)F)c(C)c1)C(C)C. The Morgan fingerprint density at radius 1 is 1.26 bits per heavy atom. The van der Waals surface area contributed by atoms with Crippen LogP contribution in [0.5, 0.6) is 5.75 Å². The minimum Gasteiger partial charge on any atom is -0.406 e. The fraction of sp³-hybridized carbons (Fsp3) is 0.571. The largest absolute Gasteiger partial charge is 0.573 e. The molecule has 0 saturated carbocycles. The summed E-state index contributed by atoms with van der Waals surface area (Å²) in [6.45, 7) is 9.50. The maximum absolute atomic E-state index is 12.2. The summed E-state index contributed by atoms with van der Waals surface area (Å²) < 4.78 is 40.4. The van der Waals surface area contributed by atoms with E-state index in [0.29, 0.717) is 11.6 Å². The van der Waals surface area contributed by atoms with Gasteiger partial charge in [0.1, 0.15) is 5.75 Å². The van der Waals surface area contributed by atoms with E-state index in [1.54, 1.807) is 19.1 Å². The molecule has 1 aromatic rings. The van der Waals surface area contributed by atoms with Crippen LogP contribution >= 0.6 is 0 Å². The molecule has 0 aromatic heterocycles. The van der Waals surface area contributed by atoms with Crippen molar-refractivity contribution < 1.29 is 17.9 Å². The van der Waals surface area contributed by atoms with Gasteiger partial charge >= 0.3 is 6.36 Å². The van der Waals surface area contributed by atoms with Crippen LogP contribution in [0.2, 0.25) is 0 Å². The first-order valence-electron chi connectivity index (χ1n) is 6.32. The van der Waals surface area contributed by atoms with Crippen LogP contribution in [0.15, 0.2) is 18.2 Å². The third-order valence-corrected chi connectivity index (χ3v) is 2.99. The van der Waals surface area contributed by atoms with Gasteiger partial charge in [-0.2, -0.15) is 0 Å². The Kier molecular flexibility index (Phi) is 5.23. The predicted molar refractivity (Wildman–Crippen MR) is 69.1 cm³/mol. The van der Waals surface area contributed by atoms with Crippen molar-refractivity contribution in [3.05, 3.63) is 29.3 Å². The van der Waals surface area contributed by atoms with Crippen LogP contribution in [0.3, 0.4) is 0 Å². The first-order valence-corrected chi connectivity index (χ1v) is 6.32. The Morgan fingerprint density at radius 2 is 1.89 bits per heavy atom. The Morgan fingerprint density at radius 3 is 2.32 bits per heavy atom. The topological polar surface area (TPSA) is 12.5 Å². The van der Waals surface area contributed by atoms with Gasteiger partial charge in [0.15, 0.2) is 0 Å². The van der Waals surface area contributed by atoms with E-state index >= 15 is 0 Å². The molecule has 0 bridgehead atoms. The van der Waals surface area contributed by atoms with Crippen LogP contribution in [-0.2, 0) is 6.54 Å². The molecule has 0 atom stereocenters. The predicted octanol–water partition coefficient (Wildman–Crippen LogP) is 4.12. The van der Waals surface area contributed by atoms with E-state index in [0.717, 1.165) is 18.7 Å². The fourth-order valence-electron chi connectivity index (χ4n) is 1.94. The van der Waals surface area contributed by atoms with Crippen molar-refractivity contribution in [3.63, 3.8) is 0 Å². The number of halogens is 3. The van der Waals surface area contributed by atoms with Crippen molar-refractivity contribution in [2.24, 2.45) is 0 Å². The molecule has 0 radical (unpaired) electrons. The summed E-state index contributed by atoms with van der Waals surface area (Å²) in [5.41, 5.74) is 1.48. The lowest BCUT2D eigenvalue weighted by Gasteiger charge is -2.25. The van der Waals surface area contributed by atoms with Gasteiger partial charge < -0.3 is 4.74 Å².